The zero-order valence-corrected chi connectivity index (χ0v) is 11.5. The summed E-state index contributed by atoms with van der Waals surface area (Å²) >= 11 is 0. The van der Waals surface area contributed by atoms with E-state index < -0.39 is 0 Å². The maximum atomic E-state index is 5.70. The highest BCUT2D eigenvalue weighted by molar-refractivity contribution is 5.91. The fourth-order valence-electron chi connectivity index (χ4n) is 2.79. The van der Waals surface area contributed by atoms with Gasteiger partial charge >= 0.3 is 0 Å². The summed E-state index contributed by atoms with van der Waals surface area (Å²) in [4.78, 5) is 0. The highest BCUT2D eigenvalue weighted by atomic mass is 16.5. The lowest BCUT2D eigenvalue weighted by Crippen LogP contribution is -2.21. The number of para-hydroxylation sites is 1. The number of hydrogen-bond donors (Lipinski definition) is 1. The number of nitrogens with one attached hydrogen (secondary N) is 1. The normalized spacial score (nSPS) is 17.0. The number of ether oxygens (including phenoxy) is 1. The summed E-state index contributed by atoms with van der Waals surface area (Å²) in [5.41, 5.74) is 1.18. The molecule has 0 saturated carbocycles. The molecule has 2 aromatic carbocycles. The molecule has 0 spiro atoms. The Morgan fingerprint density at radius 1 is 1.05 bits per heavy atom. The van der Waals surface area contributed by atoms with Gasteiger partial charge in [-0.05, 0) is 6.07 Å². The molecule has 104 valence electrons. The van der Waals surface area contributed by atoms with Gasteiger partial charge in [0, 0.05) is 22.8 Å². The van der Waals surface area contributed by atoms with Crippen molar-refractivity contribution in [2.75, 3.05) is 11.9 Å². The second kappa shape index (κ2) is 5.05. The predicted molar refractivity (Wildman–Crippen MR) is 82.5 cm³/mol. The first-order valence-corrected chi connectivity index (χ1v) is 7.10. The van der Waals surface area contributed by atoms with E-state index >= 15 is 0 Å². The highest BCUT2D eigenvalue weighted by Crippen LogP contribution is 2.34. The number of rotatable bonds is 2. The van der Waals surface area contributed by atoms with Gasteiger partial charge in [-0.1, -0.05) is 42.5 Å². The first kappa shape index (κ1) is 12.1. The molecule has 1 aliphatic heterocycles. The third-order valence-corrected chi connectivity index (χ3v) is 3.84. The number of hydrogen-bond acceptors (Lipinski definition) is 4. The number of anilines is 1. The van der Waals surface area contributed by atoms with Crippen molar-refractivity contribution >= 4 is 16.6 Å². The van der Waals surface area contributed by atoms with Crippen molar-refractivity contribution in [1.82, 2.24) is 10.2 Å². The topological polar surface area (TPSA) is 47.0 Å². The molecule has 2 heterocycles. The van der Waals surface area contributed by atoms with Crippen LogP contribution in [0.1, 0.15) is 18.0 Å². The minimum absolute atomic E-state index is 0.204. The SMILES string of the molecule is c1ccc2c(c1)OCCC2Nc1nncc2ccccc12. The summed E-state index contributed by atoms with van der Waals surface area (Å²) in [6, 6.07) is 16.5. The van der Waals surface area contributed by atoms with Gasteiger partial charge in [0.15, 0.2) is 5.82 Å². The molecule has 0 bridgehead atoms. The molecule has 0 amide bonds. The Morgan fingerprint density at radius 2 is 1.90 bits per heavy atom. The summed E-state index contributed by atoms with van der Waals surface area (Å²) in [6.45, 7) is 0.715. The van der Waals surface area contributed by atoms with E-state index in [1.54, 1.807) is 6.20 Å². The van der Waals surface area contributed by atoms with Crippen molar-refractivity contribution in [3.63, 3.8) is 0 Å². The van der Waals surface area contributed by atoms with Gasteiger partial charge in [-0.3, -0.25) is 0 Å². The molecule has 1 unspecified atom stereocenters. The maximum absolute atomic E-state index is 5.70. The van der Waals surface area contributed by atoms with Gasteiger partial charge in [0.25, 0.3) is 0 Å². The average Bonchev–Trinajstić information content (AvgIpc) is 2.56. The van der Waals surface area contributed by atoms with Crippen molar-refractivity contribution < 1.29 is 4.74 Å². The van der Waals surface area contributed by atoms with Crippen LogP contribution in [-0.2, 0) is 0 Å². The van der Waals surface area contributed by atoms with Crippen molar-refractivity contribution in [3.8, 4) is 5.75 Å². The second-order valence-corrected chi connectivity index (χ2v) is 5.15. The van der Waals surface area contributed by atoms with Crippen LogP contribution >= 0.6 is 0 Å². The number of nitrogens with zero attached hydrogens (tertiary/aromatic N) is 2. The quantitative estimate of drug-likeness (QED) is 0.778. The fraction of sp³-hybridized carbons (Fsp3) is 0.176. The fourth-order valence-corrected chi connectivity index (χ4v) is 2.79. The molecule has 4 rings (SSSR count). The standard InChI is InChI=1S/C17H15N3O/c1-2-6-13-12(5-1)11-18-20-17(13)19-15-9-10-21-16-8-4-3-7-14(15)16/h1-8,11,15H,9-10H2,(H,19,20). The van der Waals surface area contributed by atoms with Gasteiger partial charge in [-0.15, -0.1) is 5.10 Å². The van der Waals surface area contributed by atoms with E-state index in [0.29, 0.717) is 6.61 Å². The molecule has 0 fully saturated rings. The summed E-state index contributed by atoms with van der Waals surface area (Å²) in [5.74, 6) is 1.78. The lowest BCUT2D eigenvalue weighted by Gasteiger charge is -2.27. The van der Waals surface area contributed by atoms with E-state index in [2.05, 4.69) is 27.6 Å². The van der Waals surface area contributed by atoms with E-state index in [1.165, 1.54) is 5.56 Å². The van der Waals surface area contributed by atoms with E-state index in [0.717, 1.165) is 28.8 Å². The summed E-state index contributed by atoms with van der Waals surface area (Å²) in [7, 11) is 0. The minimum Gasteiger partial charge on any atom is -0.493 e. The molecular formula is C17H15N3O. The zero-order chi connectivity index (χ0) is 14.1. The number of benzene rings is 2. The van der Waals surface area contributed by atoms with Crippen molar-refractivity contribution in [2.45, 2.75) is 12.5 Å². The Morgan fingerprint density at radius 3 is 2.90 bits per heavy atom. The van der Waals surface area contributed by atoms with Crippen LogP contribution in [0.15, 0.2) is 54.7 Å². The first-order chi connectivity index (χ1) is 10.4. The van der Waals surface area contributed by atoms with Gasteiger partial charge in [0.05, 0.1) is 18.8 Å². The van der Waals surface area contributed by atoms with Crippen LogP contribution in [0.3, 0.4) is 0 Å². The summed E-state index contributed by atoms with van der Waals surface area (Å²) in [5, 5.41) is 14.1. The Hall–Kier alpha value is -2.62. The summed E-state index contributed by atoms with van der Waals surface area (Å²) in [6.07, 6.45) is 2.71. The van der Waals surface area contributed by atoms with Crippen LogP contribution in [-0.4, -0.2) is 16.8 Å². The van der Waals surface area contributed by atoms with Crippen LogP contribution in [0.2, 0.25) is 0 Å². The van der Waals surface area contributed by atoms with Gasteiger partial charge < -0.3 is 10.1 Å². The van der Waals surface area contributed by atoms with Gasteiger partial charge in [-0.25, -0.2) is 0 Å². The monoisotopic (exact) mass is 277 g/mol. The molecule has 4 nitrogen and oxygen atoms in total. The van der Waals surface area contributed by atoms with E-state index in [9.17, 15) is 0 Å². The third-order valence-electron chi connectivity index (χ3n) is 3.84. The Balaban J connectivity index is 1.73. The first-order valence-electron chi connectivity index (χ1n) is 7.10. The Bertz CT molecular complexity index is 782. The molecule has 0 aliphatic carbocycles. The lowest BCUT2D eigenvalue weighted by molar-refractivity contribution is 0.274. The van der Waals surface area contributed by atoms with Crippen LogP contribution in [0.4, 0.5) is 5.82 Å². The van der Waals surface area contributed by atoms with Crippen molar-refractivity contribution in [1.29, 1.82) is 0 Å². The summed E-state index contributed by atoms with van der Waals surface area (Å²) < 4.78 is 5.70. The number of aromatic nitrogens is 2. The predicted octanol–water partition coefficient (Wildman–Crippen LogP) is 3.57. The lowest BCUT2D eigenvalue weighted by atomic mass is 10.0. The molecule has 1 N–H and O–H groups in total. The number of fused-ring (bicyclic) bond motifs is 2. The smallest absolute Gasteiger partial charge is 0.157 e. The van der Waals surface area contributed by atoms with E-state index in [4.69, 9.17) is 4.74 Å². The molecule has 1 aromatic heterocycles. The zero-order valence-electron chi connectivity index (χ0n) is 11.5. The van der Waals surface area contributed by atoms with Gasteiger partial charge in [-0.2, -0.15) is 5.10 Å². The van der Waals surface area contributed by atoms with E-state index in [1.807, 2.05) is 36.4 Å². The molecule has 21 heavy (non-hydrogen) atoms. The van der Waals surface area contributed by atoms with E-state index in [-0.39, 0.29) is 6.04 Å². The van der Waals surface area contributed by atoms with Crippen LogP contribution in [0, 0.1) is 0 Å². The van der Waals surface area contributed by atoms with Crippen molar-refractivity contribution in [2.24, 2.45) is 0 Å². The maximum Gasteiger partial charge on any atom is 0.157 e. The largest absolute Gasteiger partial charge is 0.493 e. The van der Waals surface area contributed by atoms with Crippen LogP contribution in [0.25, 0.3) is 10.8 Å². The second-order valence-electron chi connectivity index (χ2n) is 5.15. The van der Waals surface area contributed by atoms with Gasteiger partial charge in [0.2, 0.25) is 0 Å². The third kappa shape index (κ3) is 2.18. The minimum atomic E-state index is 0.204. The molecular weight excluding hydrogens is 262 g/mol. The van der Waals surface area contributed by atoms with Crippen LogP contribution in [0.5, 0.6) is 5.75 Å². The van der Waals surface area contributed by atoms with Crippen molar-refractivity contribution in [3.05, 3.63) is 60.3 Å². The average molecular weight is 277 g/mol. The highest BCUT2D eigenvalue weighted by Gasteiger charge is 2.21. The molecule has 1 aliphatic rings. The van der Waals surface area contributed by atoms with Crippen LogP contribution < -0.4 is 10.1 Å². The van der Waals surface area contributed by atoms with Gasteiger partial charge in [0.1, 0.15) is 5.75 Å². The molecule has 1 atom stereocenters. The Labute approximate surface area is 122 Å². The molecule has 4 heteroatoms. The molecule has 0 radical (unpaired) electrons. The molecule has 0 saturated heterocycles. The molecule has 3 aromatic rings. The Kier molecular flexibility index (Phi) is 2.92.